The predicted octanol–water partition coefficient (Wildman–Crippen LogP) is 6.30. The van der Waals surface area contributed by atoms with Crippen LogP contribution in [-0.4, -0.2) is 39.7 Å². The van der Waals surface area contributed by atoms with Crippen molar-refractivity contribution in [1.29, 1.82) is 0 Å². The lowest BCUT2D eigenvalue weighted by Crippen LogP contribution is -2.29. The van der Waals surface area contributed by atoms with Gasteiger partial charge in [0.1, 0.15) is 5.69 Å². The van der Waals surface area contributed by atoms with Gasteiger partial charge in [-0.25, -0.2) is 0 Å². The van der Waals surface area contributed by atoms with Crippen molar-refractivity contribution in [2.75, 3.05) is 13.7 Å². The van der Waals surface area contributed by atoms with E-state index in [4.69, 9.17) is 21.1 Å². The maximum absolute atomic E-state index is 13.7. The van der Waals surface area contributed by atoms with E-state index in [1.807, 2.05) is 59.5 Å². The molecule has 1 aliphatic heterocycles. The van der Waals surface area contributed by atoms with Crippen molar-refractivity contribution in [2.45, 2.75) is 32.9 Å². The van der Waals surface area contributed by atoms with Gasteiger partial charge in [-0.3, -0.25) is 14.9 Å². The second-order valence-corrected chi connectivity index (χ2v) is 9.94. The molecule has 2 aromatic heterocycles. The first-order valence-corrected chi connectivity index (χ1v) is 12.7. The number of nitrogens with one attached hydrogen (secondary N) is 1. The molecule has 2 aromatic carbocycles. The lowest BCUT2D eigenvalue weighted by atomic mass is 9.95. The van der Waals surface area contributed by atoms with Gasteiger partial charge in [-0.15, -0.1) is 0 Å². The van der Waals surface area contributed by atoms with Crippen LogP contribution >= 0.6 is 11.6 Å². The molecule has 7 nitrogen and oxygen atoms in total. The number of carbonyl (C=O) groups is 1. The number of amides is 1. The number of ether oxygens (including phenoxy) is 2. The zero-order valence-corrected chi connectivity index (χ0v) is 21.8. The summed E-state index contributed by atoms with van der Waals surface area (Å²) < 4.78 is 11.7. The highest BCUT2D eigenvalue weighted by Gasteiger charge is 2.42. The summed E-state index contributed by atoms with van der Waals surface area (Å²) in [6.07, 6.45) is 4.42. The van der Waals surface area contributed by atoms with Gasteiger partial charge in [0.15, 0.2) is 11.5 Å². The number of rotatable bonds is 9. The lowest BCUT2D eigenvalue weighted by molar-refractivity contribution is 0.0729. The van der Waals surface area contributed by atoms with E-state index < -0.39 is 0 Å². The molecule has 1 unspecified atom stereocenters. The molecule has 0 saturated heterocycles. The second kappa shape index (κ2) is 10.6. The van der Waals surface area contributed by atoms with E-state index in [9.17, 15) is 4.79 Å². The Labute approximate surface area is 221 Å². The van der Waals surface area contributed by atoms with Gasteiger partial charge >= 0.3 is 0 Å². The largest absolute Gasteiger partial charge is 0.493 e. The van der Waals surface area contributed by atoms with Crippen LogP contribution in [0.2, 0.25) is 5.02 Å². The molecule has 4 aromatic rings. The first-order chi connectivity index (χ1) is 18.0. The zero-order valence-electron chi connectivity index (χ0n) is 21.1. The van der Waals surface area contributed by atoms with E-state index >= 15 is 0 Å². The van der Waals surface area contributed by atoms with Gasteiger partial charge in [0.05, 0.1) is 25.5 Å². The van der Waals surface area contributed by atoms with Crippen LogP contribution < -0.4 is 9.47 Å². The topological polar surface area (TPSA) is 80.3 Å². The number of aromatic amines is 1. The molecule has 1 atom stereocenters. The highest BCUT2D eigenvalue weighted by molar-refractivity contribution is 6.30. The third-order valence-electron chi connectivity index (χ3n) is 6.54. The Morgan fingerprint density at radius 3 is 2.51 bits per heavy atom. The molecule has 0 aliphatic carbocycles. The number of methoxy groups -OCH3 is 1. The Bertz CT molecular complexity index is 1390. The number of hydrogen-bond acceptors (Lipinski definition) is 5. The fraction of sp³-hybridized carbons (Fsp3) is 0.276. The first kappa shape index (κ1) is 24.8. The summed E-state index contributed by atoms with van der Waals surface area (Å²) in [5.41, 5.74) is 4.81. The lowest BCUT2D eigenvalue weighted by Gasteiger charge is -2.27. The molecule has 5 rings (SSSR count). The van der Waals surface area contributed by atoms with E-state index in [1.54, 1.807) is 19.5 Å². The molecule has 1 aliphatic rings. The summed E-state index contributed by atoms with van der Waals surface area (Å²) >= 11 is 6.13. The first-order valence-electron chi connectivity index (χ1n) is 12.3. The minimum Gasteiger partial charge on any atom is -0.493 e. The minimum atomic E-state index is -0.376. The number of benzene rings is 2. The monoisotopic (exact) mass is 516 g/mol. The molecule has 37 heavy (non-hydrogen) atoms. The van der Waals surface area contributed by atoms with E-state index in [0.29, 0.717) is 41.3 Å². The van der Waals surface area contributed by atoms with Crippen molar-refractivity contribution in [3.8, 4) is 22.8 Å². The Hall–Kier alpha value is -3.84. The Morgan fingerprint density at radius 1 is 1.05 bits per heavy atom. The smallest absolute Gasteiger partial charge is 0.273 e. The maximum Gasteiger partial charge on any atom is 0.273 e. The number of carbonyl (C=O) groups excluding carboxylic acids is 1. The highest BCUT2D eigenvalue weighted by Crippen LogP contribution is 2.45. The molecular formula is C29H29ClN4O3. The molecule has 0 fully saturated rings. The maximum atomic E-state index is 13.7. The van der Waals surface area contributed by atoms with Gasteiger partial charge in [-0.05, 0) is 59.9 Å². The molecule has 0 bridgehead atoms. The molecule has 0 radical (unpaired) electrons. The molecule has 3 heterocycles. The van der Waals surface area contributed by atoms with Crippen molar-refractivity contribution >= 4 is 17.5 Å². The van der Waals surface area contributed by atoms with Crippen molar-refractivity contribution in [3.63, 3.8) is 0 Å². The highest BCUT2D eigenvalue weighted by atomic mass is 35.5. The molecule has 190 valence electrons. The summed E-state index contributed by atoms with van der Waals surface area (Å²) in [6, 6.07) is 16.8. The van der Waals surface area contributed by atoms with Gasteiger partial charge in [-0.2, -0.15) is 5.10 Å². The summed E-state index contributed by atoms with van der Waals surface area (Å²) in [7, 11) is 1.63. The van der Waals surface area contributed by atoms with Crippen molar-refractivity contribution in [1.82, 2.24) is 20.1 Å². The average molecular weight is 517 g/mol. The Kier molecular flexibility index (Phi) is 7.15. The number of aromatic nitrogens is 3. The number of fused-ring (bicyclic) bond motifs is 1. The van der Waals surface area contributed by atoms with Crippen LogP contribution in [0.1, 0.15) is 53.5 Å². The van der Waals surface area contributed by atoms with Crippen LogP contribution in [0.15, 0.2) is 67.0 Å². The molecule has 0 saturated carbocycles. The number of H-pyrrole nitrogens is 1. The predicted molar refractivity (Wildman–Crippen MR) is 143 cm³/mol. The quantitative estimate of drug-likeness (QED) is 0.282. The SMILES string of the molecule is COc1cc(C2c3c(-c4ccc(Cl)cc4)n[nH]c3C(=O)N2Cc2ccncc2)ccc1OCCC(C)C. The number of hydrogen-bond donors (Lipinski definition) is 1. The standard InChI is InChI=1S/C29H29ClN4O3/c1-18(2)12-15-37-23-9-6-21(16-24(23)36-3)28-25-26(20-4-7-22(30)8-5-20)32-33-27(25)29(35)34(28)17-19-10-13-31-14-11-19/h4-11,13-14,16,18,28H,12,15,17H2,1-3H3,(H,32,33). The van der Waals surface area contributed by atoms with Gasteiger partial charge in [0.2, 0.25) is 0 Å². The molecule has 8 heteroatoms. The van der Waals surface area contributed by atoms with Crippen LogP contribution in [0.5, 0.6) is 11.5 Å². The normalized spacial score (nSPS) is 14.8. The fourth-order valence-corrected chi connectivity index (χ4v) is 4.72. The number of nitrogens with zero attached hydrogens (tertiary/aromatic N) is 3. The van der Waals surface area contributed by atoms with Crippen LogP contribution in [-0.2, 0) is 6.54 Å². The van der Waals surface area contributed by atoms with E-state index in [2.05, 4.69) is 29.0 Å². The van der Waals surface area contributed by atoms with Crippen molar-refractivity contribution in [3.05, 3.63) is 94.4 Å². The summed E-state index contributed by atoms with van der Waals surface area (Å²) in [5, 5.41) is 8.18. The van der Waals surface area contributed by atoms with Crippen LogP contribution in [0.25, 0.3) is 11.3 Å². The third kappa shape index (κ3) is 5.04. The van der Waals surface area contributed by atoms with Crippen molar-refractivity contribution in [2.24, 2.45) is 5.92 Å². The van der Waals surface area contributed by atoms with Gasteiger partial charge in [-0.1, -0.05) is 43.6 Å². The van der Waals surface area contributed by atoms with Crippen LogP contribution in [0.4, 0.5) is 0 Å². The van der Waals surface area contributed by atoms with Crippen LogP contribution in [0, 0.1) is 5.92 Å². The molecule has 1 N–H and O–H groups in total. The van der Waals surface area contributed by atoms with E-state index in [-0.39, 0.29) is 11.9 Å². The minimum absolute atomic E-state index is 0.110. The zero-order chi connectivity index (χ0) is 25.9. The van der Waals surface area contributed by atoms with Crippen LogP contribution in [0.3, 0.4) is 0 Å². The molecule has 0 spiro atoms. The van der Waals surface area contributed by atoms with E-state index in [1.165, 1.54) is 0 Å². The van der Waals surface area contributed by atoms with Gasteiger partial charge in [0, 0.05) is 35.1 Å². The fourth-order valence-electron chi connectivity index (χ4n) is 4.60. The van der Waals surface area contributed by atoms with Crippen molar-refractivity contribution < 1.29 is 14.3 Å². The van der Waals surface area contributed by atoms with Gasteiger partial charge in [0.25, 0.3) is 5.91 Å². The molecular weight excluding hydrogens is 488 g/mol. The molecule has 1 amide bonds. The second-order valence-electron chi connectivity index (χ2n) is 9.50. The third-order valence-corrected chi connectivity index (χ3v) is 6.79. The number of halogens is 1. The average Bonchev–Trinajstić information content (AvgIpc) is 3.44. The number of pyridine rings is 1. The summed E-state index contributed by atoms with van der Waals surface area (Å²) in [4.78, 5) is 19.6. The Balaban J connectivity index is 1.58. The summed E-state index contributed by atoms with van der Waals surface area (Å²) in [5.74, 6) is 1.74. The van der Waals surface area contributed by atoms with E-state index in [0.717, 1.165) is 34.4 Å². The summed E-state index contributed by atoms with van der Waals surface area (Å²) in [6.45, 7) is 5.36. The Morgan fingerprint density at radius 2 is 1.81 bits per heavy atom. The van der Waals surface area contributed by atoms with Gasteiger partial charge < -0.3 is 14.4 Å².